The molecule has 4 rings (SSSR count). The van der Waals surface area contributed by atoms with Crippen molar-refractivity contribution in [1.29, 1.82) is 0 Å². The van der Waals surface area contributed by atoms with Crippen molar-refractivity contribution < 1.29 is 24.8 Å². The van der Waals surface area contributed by atoms with E-state index in [0.29, 0.717) is 36.6 Å². The maximum Gasteiger partial charge on any atom is 0.141 e. The number of halogens is 1. The Morgan fingerprint density at radius 3 is 2.57 bits per heavy atom. The molecule has 0 bridgehead atoms. The Labute approximate surface area is 182 Å². The zero-order valence-electron chi connectivity index (χ0n) is 17.4. The Balaban J connectivity index is 1.67. The molecule has 0 radical (unpaired) electrons. The van der Waals surface area contributed by atoms with Gasteiger partial charge < -0.3 is 24.8 Å². The first-order valence-electron chi connectivity index (χ1n) is 10.5. The Morgan fingerprint density at radius 2 is 1.90 bits per heavy atom. The number of fused-ring (bicyclic) bond motifs is 1. The summed E-state index contributed by atoms with van der Waals surface area (Å²) in [7, 11) is 0. The molecule has 2 aromatic carbocycles. The maximum absolute atomic E-state index is 10.3. The van der Waals surface area contributed by atoms with Crippen LogP contribution in [0.2, 0.25) is 5.02 Å². The second kappa shape index (κ2) is 8.48. The molecule has 3 atom stereocenters. The molecular formula is C24H29ClO5. The number of benzene rings is 2. The van der Waals surface area contributed by atoms with E-state index in [1.54, 1.807) is 13.8 Å². The van der Waals surface area contributed by atoms with Crippen LogP contribution in [-0.4, -0.2) is 40.7 Å². The summed E-state index contributed by atoms with van der Waals surface area (Å²) in [4.78, 5) is 0. The fraction of sp³-hybridized carbons (Fsp3) is 0.500. The highest BCUT2D eigenvalue weighted by Gasteiger charge is 2.33. The summed E-state index contributed by atoms with van der Waals surface area (Å²) < 4.78 is 11.9. The van der Waals surface area contributed by atoms with E-state index in [9.17, 15) is 15.3 Å². The summed E-state index contributed by atoms with van der Waals surface area (Å²) in [6.45, 7) is 3.99. The summed E-state index contributed by atoms with van der Waals surface area (Å²) in [5.41, 5.74) is 4.02. The third-order valence-corrected chi connectivity index (χ3v) is 6.43. The molecule has 6 heteroatoms. The SMILES string of the molecule is CC(C)(O)c1ccc(Cc2cc([C@H]3C[C@@H](O)C[C@@H](CO)O3)c3c(c2Cl)OCC3)cc1. The van der Waals surface area contributed by atoms with Gasteiger partial charge in [-0.2, -0.15) is 0 Å². The highest BCUT2D eigenvalue weighted by Crippen LogP contribution is 2.44. The smallest absolute Gasteiger partial charge is 0.141 e. The van der Waals surface area contributed by atoms with E-state index in [-0.39, 0.29) is 18.8 Å². The number of rotatable bonds is 5. The monoisotopic (exact) mass is 432 g/mol. The van der Waals surface area contributed by atoms with Gasteiger partial charge in [0.1, 0.15) is 5.75 Å². The maximum atomic E-state index is 10.3. The first-order chi connectivity index (χ1) is 14.3. The van der Waals surface area contributed by atoms with E-state index < -0.39 is 11.7 Å². The van der Waals surface area contributed by atoms with Gasteiger partial charge in [0.05, 0.1) is 42.1 Å². The van der Waals surface area contributed by atoms with Gasteiger partial charge in [0, 0.05) is 24.8 Å². The highest BCUT2D eigenvalue weighted by atomic mass is 35.5. The van der Waals surface area contributed by atoms with Crippen molar-refractivity contribution in [3.8, 4) is 5.75 Å². The molecule has 3 N–H and O–H groups in total. The number of aliphatic hydroxyl groups excluding tert-OH is 2. The fourth-order valence-electron chi connectivity index (χ4n) is 4.39. The lowest BCUT2D eigenvalue weighted by atomic mass is 9.89. The van der Waals surface area contributed by atoms with Crippen LogP contribution >= 0.6 is 11.6 Å². The highest BCUT2D eigenvalue weighted by molar-refractivity contribution is 6.33. The van der Waals surface area contributed by atoms with Gasteiger partial charge in [0.15, 0.2) is 0 Å². The van der Waals surface area contributed by atoms with Gasteiger partial charge in [-0.25, -0.2) is 0 Å². The molecule has 0 aliphatic carbocycles. The molecule has 0 spiro atoms. The second-order valence-electron chi connectivity index (χ2n) is 8.83. The molecule has 2 aliphatic rings. The van der Waals surface area contributed by atoms with Crippen LogP contribution in [0.5, 0.6) is 5.75 Å². The minimum atomic E-state index is -0.882. The standard InChI is InChI=1S/C24H29ClO5/c1-24(2,28)16-5-3-14(4-6-16)9-15-10-20(19-7-8-29-23(19)22(15)25)21-12-17(27)11-18(13-26)30-21/h3-6,10,17-18,21,26-28H,7-9,11-13H2,1-2H3/t17-,18-,21+/m0/s1. The van der Waals surface area contributed by atoms with Gasteiger partial charge in [-0.1, -0.05) is 41.9 Å². The van der Waals surface area contributed by atoms with Crippen molar-refractivity contribution in [3.63, 3.8) is 0 Å². The molecule has 162 valence electrons. The lowest BCUT2D eigenvalue weighted by molar-refractivity contribution is -0.114. The van der Waals surface area contributed by atoms with Gasteiger partial charge in [-0.05, 0) is 42.5 Å². The molecule has 0 aromatic heterocycles. The summed E-state index contributed by atoms with van der Waals surface area (Å²) in [5, 5.41) is 30.6. The summed E-state index contributed by atoms with van der Waals surface area (Å²) in [6.07, 6.45) is 1.13. The van der Waals surface area contributed by atoms with Crippen LogP contribution < -0.4 is 4.74 Å². The van der Waals surface area contributed by atoms with Crippen LogP contribution in [0.15, 0.2) is 30.3 Å². The molecule has 30 heavy (non-hydrogen) atoms. The van der Waals surface area contributed by atoms with Gasteiger partial charge in [-0.3, -0.25) is 0 Å². The molecule has 0 unspecified atom stereocenters. The van der Waals surface area contributed by atoms with Crippen molar-refractivity contribution in [2.45, 2.75) is 63.4 Å². The van der Waals surface area contributed by atoms with E-state index in [2.05, 4.69) is 6.07 Å². The second-order valence-corrected chi connectivity index (χ2v) is 9.21. The minimum absolute atomic E-state index is 0.111. The number of aliphatic hydroxyl groups is 3. The van der Waals surface area contributed by atoms with Crippen molar-refractivity contribution >= 4 is 11.6 Å². The topological polar surface area (TPSA) is 79.2 Å². The lowest BCUT2D eigenvalue weighted by Gasteiger charge is -2.33. The molecule has 2 heterocycles. The van der Waals surface area contributed by atoms with Crippen molar-refractivity contribution in [2.75, 3.05) is 13.2 Å². The molecule has 1 saturated heterocycles. The molecule has 0 amide bonds. The van der Waals surface area contributed by atoms with Gasteiger partial charge in [0.25, 0.3) is 0 Å². The third-order valence-electron chi connectivity index (χ3n) is 6.02. The van der Waals surface area contributed by atoms with Crippen molar-refractivity contribution in [2.24, 2.45) is 0 Å². The van der Waals surface area contributed by atoms with E-state index in [1.807, 2.05) is 24.3 Å². The van der Waals surface area contributed by atoms with Crippen LogP contribution in [0, 0.1) is 0 Å². The Bertz CT molecular complexity index is 903. The summed E-state index contributed by atoms with van der Waals surface area (Å²) in [5.74, 6) is 0.710. The quantitative estimate of drug-likeness (QED) is 0.671. The van der Waals surface area contributed by atoms with Crippen LogP contribution in [0.25, 0.3) is 0 Å². The Kier molecular flexibility index (Phi) is 6.11. The number of hydrogen-bond donors (Lipinski definition) is 3. The van der Waals surface area contributed by atoms with Crippen LogP contribution in [0.4, 0.5) is 0 Å². The van der Waals surface area contributed by atoms with Crippen LogP contribution in [-0.2, 0) is 23.2 Å². The lowest BCUT2D eigenvalue weighted by Crippen LogP contribution is -2.33. The van der Waals surface area contributed by atoms with E-state index in [4.69, 9.17) is 21.1 Å². The molecular weight excluding hydrogens is 404 g/mol. The van der Waals surface area contributed by atoms with Crippen LogP contribution in [0.3, 0.4) is 0 Å². The van der Waals surface area contributed by atoms with Gasteiger partial charge >= 0.3 is 0 Å². The number of hydrogen-bond acceptors (Lipinski definition) is 5. The number of ether oxygens (including phenoxy) is 2. The third kappa shape index (κ3) is 4.36. The zero-order valence-corrected chi connectivity index (χ0v) is 18.2. The first-order valence-corrected chi connectivity index (χ1v) is 10.9. The van der Waals surface area contributed by atoms with E-state index >= 15 is 0 Å². The summed E-state index contributed by atoms with van der Waals surface area (Å²) in [6, 6.07) is 9.93. The Morgan fingerprint density at radius 1 is 1.17 bits per heavy atom. The first kappa shape index (κ1) is 21.6. The predicted molar refractivity (Wildman–Crippen MR) is 115 cm³/mol. The summed E-state index contributed by atoms with van der Waals surface area (Å²) >= 11 is 6.71. The molecule has 2 aromatic rings. The molecule has 5 nitrogen and oxygen atoms in total. The van der Waals surface area contributed by atoms with Crippen molar-refractivity contribution in [3.05, 3.63) is 63.2 Å². The largest absolute Gasteiger partial charge is 0.491 e. The fourth-order valence-corrected chi connectivity index (χ4v) is 4.68. The minimum Gasteiger partial charge on any atom is -0.491 e. The molecule has 2 aliphatic heterocycles. The molecule has 0 saturated carbocycles. The Hall–Kier alpha value is -1.63. The molecule has 1 fully saturated rings. The van der Waals surface area contributed by atoms with Gasteiger partial charge in [-0.15, -0.1) is 0 Å². The van der Waals surface area contributed by atoms with Crippen LogP contribution in [0.1, 0.15) is 60.6 Å². The van der Waals surface area contributed by atoms with E-state index in [0.717, 1.165) is 34.2 Å². The predicted octanol–water partition coefficient (Wildman–Crippen LogP) is 3.67. The average molecular weight is 433 g/mol. The van der Waals surface area contributed by atoms with Gasteiger partial charge in [0.2, 0.25) is 0 Å². The van der Waals surface area contributed by atoms with Crippen molar-refractivity contribution in [1.82, 2.24) is 0 Å². The normalized spacial score (nSPS) is 23.9. The zero-order chi connectivity index (χ0) is 21.5. The average Bonchev–Trinajstić information content (AvgIpc) is 3.19. The van der Waals surface area contributed by atoms with E-state index in [1.165, 1.54) is 0 Å².